The van der Waals surface area contributed by atoms with Crippen LogP contribution >= 0.6 is 0 Å². The van der Waals surface area contributed by atoms with Gasteiger partial charge in [0.1, 0.15) is 0 Å². The number of nitrogens with one attached hydrogen (secondary N) is 2. The van der Waals surface area contributed by atoms with E-state index in [2.05, 4.69) is 15.3 Å². The first-order valence-electron chi connectivity index (χ1n) is 9.08. The van der Waals surface area contributed by atoms with Crippen LogP contribution in [-0.4, -0.2) is 38.8 Å². The van der Waals surface area contributed by atoms with Gasteiger partial charge in [-0.2, -0.15) is 4.90 Å². The van der Waals surface area contributed by atoms with Crippen LogP contribution in [0.15, 0.2) is 73.2 Å². The molecule has 1 aromatic heterocycles. The maximum atomic E-state index is 13.5. The highest BCUT2D eigenvalue weighted by Gasteiger charge is 2.56. The monoisotopic (exact) mass is 389 g/mol. The summed E-state index contributed by atoms with van der Waals surface area (Å²) in [5, 5.41) is 2.74. The number of hydrogen-bond acceptors (Lipinski definition) is 5. The standard InChI is InChI=1S/C21H19N5O3/c22-17(11-16-12-23-13-24-16)18(27)26-19(28)21(25-20(26)29,14-7-3-1-4-8-14)15-9-5-2-6-10-15/h1-10,12-13,17H,11,22H2,(H,23,24)(H,25,29)/t17-/m0/s1. The van der Waals surface area contributed by atoms with Gasteiger partial charge >= 0.3 is 6.03 Å². The molecule has 1 saturated heterocycles. The highest BCUT2D eigenvalue weighted by molar-refractivity contribution is 6.20. The minimum Gasteiger partial charge on any atom is -0.348 e. The number of urea groups is 1. The second-order valence-electron chi connectivity index (χ2n) is 6.78. The van der Waals surface area contributed by atoms with Gasteiger partial charge in [0, 0.05) is 18.3 Å². The molecule has 8 heteroatoms. The average Bonchev–Trinajstić information content (AvgIpc) is 3.35. The summed E-state index contributed by atoms with van der Waals surface area (Å²) in [7, 11) is 0. The Morgan fingerprint density at radius 1 is 1.03 bits per heavy atom. The number of H-pyrrole nitrogens is 1. The minimum atomic E-state index is -1.50. The first-order chi connectivity index (χ1) is 14.0. The molecule has 4 N–H and O–H groups in total. The Labute approximate surface area is 166 Å². The number of imide groups is 3. The van der Waals surface area contributed by atoms with E-state index in [1.165, 1.54) is 12.5 Å². The number of rotatable bonds is 5. The van der Waals surface area contributed by atoms with Gasteiger partial charge < -0.3 is 16.0 Å². The largest absolute Gasteiger partial charge is 0.348 e. The lowest BCUT2D eigenvalue weighted by atomic mass is 9.82. The summed E-state index contributed by atoms with van der Waals surface area (Å²) in [6.45, 7) is 0. The maximum Gasteiger partial charge on any atom is 0.332 e. The molecule has 0 unspecified atom stereocenters. The van der Waals surface area contributed by atoms with Crippen molar-refractivity contribution in [3.8, 4) is 0 Å². The zero-order valence-electron chi connectivity index (χ0n) is 15.4. The fourth-order valence-corrected chi connectivity index (χ4v) is 3.55. The van der Waals surface area contributed by atoms with E-state index >= 15 is 0 Å². The normalized spacial score (nSPS) is 16.5. The molecule has 8 nitrogen and oxygen atoms in total. The van der Waals surface area contributed by atoms with E-state index in [9.17, 15) is 14.4 Å². The summed E-state index contributed by atoms with van der Waals surface area (Å²) in [6.07, 6.45) is 3.13. The Balaban J connectivity index is 1.73. The van der Waals surface area contributed by atoms with Crippen LogP contribution in [0.4, 0.5) is 4.79 Å². The zero-order valence-corrected chi connectivity index (χ0v) is 15.4. The maximum absolute atomic E-state index is 13.5. The molecular weight excluding hydrogens is 370 g/mol. The van der Waals surface area contributed by atoms with Crippen molar-refractivity contribution in [2.45, 2.75) is 18.0 Å². The fourth-order valence-electron chi connectivity index (χ4n) is 3.55. The van der Waals surface area contributed by atoms with Gasteiger partial charge in [-0.3, -0.25) is 9.59 Å². The third-order valence-corrected chi connectivity index (χ3v) is 4.97. The number of nitrogens with two attached hydrogens (primary N) is 1. The van der Waals surface area contributed by atoms with Crippen molar-refractivity contribution in [3.05, 3.63) is 90.0 Å². The quantitative estimate of drug-likeness (QED) is 0.568. The number of aromatic nitrogens is 2. The van der Waals surface area contributed by atoms with E-state index in [0.29, 0.717) is 21.7 Å². The molecule has 29 heavy (non-hydrogen) atoms. The minimum absolute atomic E-state index is 0.125. The molecule has 0 bridgehead atoms. The Morgan fingerprint density at radius 2 is 1.62 bits per heavy atom. The summed E-state index contributed by atoms with van der Waals surface area (Å²) in [5.41, 5.74) is 6.26. The molecule has 0 saturated carbocycles. The van der Waals surface area contributed by atoms with Crippen molar-refractivity contribution >= 4 is 17.8 Å². The van der Waals surface area contributed by atoms with Crippen LogP contribution in [-0.2, 0) is 21.5 Å². The number of hydrogen-bond donors (Lipinski definition) is 3. The number of nitrogens with zero attached hydrogens (tertiary/aromatic N) is 2. The molecule has 0 aliphatic carbocycles. The summed E-state index contributed by atoms with van der Waals surface area (Å²) in [6, 6.07) is 15.8. The van der Waals surface area contributed by atoms with Crippen molar-refractivity contribution in [3.63, 3.8) is 0 Å². The molecule has 0 radical (unpaired) electrons. The lowest BCUT2D eigenvalue weighted by molar-refractivity contribution is -0.141. The number of carbonyl (C=O) groups is 3. The van der Waals surface area contributed by atoms with Crippen LogP contribution in [0.25, 0.3) is 0 Å². The average molecular weight is 389 g/mol. The number of benzene rings is 2. The predicted molar refractivity (Wildman–Crippen MR) is 104 cm³/mol. The van der Waals surface area contributed by atoms with Crippen molar-refractivity contribution in [1.29, 1.82) is 0 Å². The molecule has 146 valence electrons. The van der Waals surface area contributed by atoms with Crippen LogP contribution in [0.5, 0.6) is 0 Å². The SMILES string of the molecule is N[C@@H](Cc1cnc[nH]1)C(=O)N1C(=O)NC(c2ccccc2)(c2ccccc2)C1=O. The molecule has 1 atom stereocenters. The molecule has 4 rings (SSSR count). The molecular formula is C21H19N5O3. The smallest absolute Gasteiger partial charge is 0.332 e. The number of carbonyl (C=O) groups excluding carboxylic acids is 3. The third-order valence-electron chi connectivity index (χ3n) is 4.97. The molecule has 1 aliphatic heterocycles. The predicted octanol–water partition coefficient (Wildman–Crippen LogP) is 1.30. The van der Waals surface area contributed by atoms with Gasteiger partial charge in [0.05, 0.1) is 12.4 Å². The highest BCUT2D eigenvalue weighted by atomic mass is 16.2. The van der Waals surface area contributed by atoms with E-state index < -0.39 is 29.4 Å². The van der Waals surface area contributed by atoms with E-state index in [4.69, 9.17) is 5.73 Å². The molecule has 1 fully saturated rings. The highest BCUT2D eigenvalue weighted by Crippen LogP contribution is 2.36. The molecule has 2 aromatic carbocycles. The van der Waals surface area contributed by atoms with E-state index in [1.54, 1.807) is 48.5 Å². The van der Waals surface area contributed by atoms with Gasteiger partial charge in [-0.05, 0) is 11.1 Å². The molecule has 0 spiro atoms. The second-order valence-corrected chi connectivity index (χ2v) is 6.78. The van der Waals surface area contributed by atoms with Crippen molar-refractivity contribution in [1.82, 2.24) is 20.2 Å². The Kier molecular flexibility index (Phi) is 4.69. The van der Waals surface area contributed by atoms with Crippen LogP contribution in [0, 0.1) is 0 Å². The van der Waals surface area contributed by atoms with Gasteiger partial charge in [0.2, 0.25) is 0 Å². The topological polar surface area (TPSA) is 121 Å². The van der Waals surface area contributed by atoms with Gasteiger partial charge in [-0.1, -0.05) is 60.7 Å². The first kappa shape index (κ1) is 18.6. The molecule has 3 aromatic rings. The van der Waals surface area contributed by atoms with Gasteiger partial charge in [-0.25, -0.2) is 9.78 Å². The Morgan fingerprint density at radius 3 is 2.14 bits per heavy atom. The fraction of sp³-hybridized carbons (Fsp3) is 0.143. The van der Waals surface area contributed by atoms with E-state index in [0.717, 1.165) is 0 Å². The summed E-state index contributed by atoms with van der Waals surface area (Å²) >= 11 is 0. The third kappa shape index (κ3) is 3.09. The van der Waals surface area contributed by atoms with Crippen LogP contribution in [0.3, 0.4) is 0 Å². The van der Waals surface area contributed by atoms with Crippen LogP contribution < -0.4 is 11.1 Å². The first-order valence-corrected chi connectivity index (χ1v) is 9.08. The lowest BCUT2D eigenvalue weighted by Gasteiger charge is -2.28. The van der Waals surface area contributed by atoms with Crippen molar-refractivity contribution in [2.24, 2.45) is 5.73 Å². The van der Waals surface area contributed by atoms with Crippen molar-refractivity contribution in [2.75, 3.05) is 0 Å². The number of amides is 4. The molecule has 1 aliphatic rings. The van der Waals surface area contributed by atoms with Crippen LogP contribution in [0.2, 0.25) is 0 Å². The second kappa shape index (κ2) is 7.33. The molecule has 2 heterocycles. The molecule has 4 amide bonds. The van der Waals surface area contributed by atoms with Crippen molar-refractivity contribution < 1.29 is 14.4 Å². The van der Waals surface area contributed by atoms with Gasteiger partial charge in [0.25, 0.3) is 11.8 Å². The number of aromatic amines is 1. The van der Waals surface area contributed by atoms with Crippen LogP contribution in [0.1, 0.15) is 16.8 Å². The summed E-state index contributed by atoms with van der Waals surface area (Å²) < 4.78 is 0. The summed E-state index contributed by atoms with van der Waals surface area (Å²) in [4.78, 5) is 46.6. The Bertz CT molecular complexity index is 995. The lowest BCUT2D eigenvalue weighted by Crippen LogP contribution is -2.49. The van der Waals surface area contributed by atoms with Gasteiger partial charge in [0.15, 0.2) is 5.54 Å². The van der Waals surface area contributed by atoms with Gasteiger partial charge in [-0.15, -0.1) is 0 Å². The van der Waals surface area contributed by atoms with E-state index in [-0.39, 0.29) is 6.42 Å². The number of imidazole rings is 1. The van der Waals surface area contributed by atoms with E-state index in [1.807, 2.05) is 12.1 Å². The Hall–Kier alpha value is -3.78. The zero-order chi connectivity index (χ0) is 20.4. The summed E-state index contributed by atoms with van der Waals surface area (Å²) in [5.74, 6) is -1.44.